The topological polar surface area (TPSA) is 25.8 Å². The van der Waals surface area contributed by atoms with E-state index >= 15 is 0 Å². The lowest BCUT2D eigenvalue weighted by atomic mass is 10.2. The Morgan fingerprint density at radius 1 is 1.31 bits per heavy atom. The molecule has 2 nitrogen and oxygen atoms in total. The Morgan fingerprint density at radius 2 is 2.00 bits per heavy atom. The van der Waals surface area contributed by atoms with Crippen LogP contribution in [0.15, 0.2) is 6.07 Å². The number of benzene rings is 1. The minimum atomic E-state index is -0.501. The van der Waals surface area contributed by atoms with Crippen molar-refractivity contribution in [3.63, 3.8) is 0 Å². The molecule has 0 saturated carbocycles. The van der Waals surface area contributed by atoms with Crippen LogP contribution < -0.4 is 0 Å². The standard InChI is InChI=1S/C9H3Cl3FIN2/c10-2-5-15-8-3(9(12)16-5)1-4(11)7(14)6(8)13/h1H,2H2. The number of alkyl halides is 1. The molecular weight excluding hydrogens is 388 g/mol. The van der Waals surface area contributed by atoms with Crippen LogP contribution in [0.2, 0.25) is 10.2 Å². The van der Waals surface area contributed by atoms with Gasteiger partial charge in [0.2, 0.25) is 0 Å². The molecule has 1 heterocycles. The number of nitrogens with zero attached hydrogens (tertiary/aromatic N) is 2. The molecule has 0 amide bonds. The Morgan fingerprint density at radius 3 is 2.62 bits per heavy atom. The highest BCUT2D eigenvalue weighted by Crippen LogP contribution is 2.31. The molecule has 84 valence electrons. The number of halogens is 5. The predicted molar refractivity (Wildman–Crippen MR) is 71.8 cm³/mol. The number of aromatic nitrogens is 2. The van der Waals surface area contributed by atoms with Crippen LogP contribution in [0.4, 0.5) is 4.39 Å². The molecule has 0 aliphatic heterocycles. The molecule has 0 spiro atoms. The van der Waals surface area contributed by atoms with E-state index < -0.39 is 5.82 Å². The molecule has 0 N–H and O–H groups in total. The number of rotatable bonds is 1. The molecule has 0 saturated heterocycles. The van der Waals surface area contributed by atoms with Crippen molar-refractivity contribution >= 4 is 68.3 Å². The van der Waals surface area contributed by atoms with Crippen LogP contribution in [0, 0.1) is 9.39 Å². The molecule has 0 radical (unpaired) electrons. The van der Waals surface area contributed by atoms with Gasteiger partial charge in [-0.3, -0.25) is 0 Å². The normalized spacial score (nSPS) is 11.1. The highest BCUT2D eigenvalue weighted by Gasteiger charge is 2.15. The summed E-state index contributed by atoms with van der Waals surface area (Å²) < 4.78 is 14.2. The molecule has 0 fully saturated rings. The van der Waals surface area contributed by atoms with Crippen LogP contribution in [0.25, 0.3) is 10.9 Å². The summed E-state index contributed by atoms with van der Waals surface area (Å²) in [6.45, 7) is 0. The molecule has 16 heavy (non-hydrogen) atoms. The Labute approximate surface area is 119 Å². The average Bonchev–Trinajstić information content (AvgIpc) is 2.27. The van der Waals surface area contributed by atoms with Gasteiger partial charge in [0.25, 0.3) is 0 Å². The fourth-order valence-electron chi connectivity index (χ4n) is 1.24. The van der Waals surface area contributed by atoms with Crippen LogP contribution in [0.1, 0.15) is 5.82 Å². The second-order valence-electron chi connectivity index (χ2n) is 2.95. The third-order valence-electron chi connectivity index (χ3n) is 1.95. The van der Waals surface area contributed by atoms with Gasteiger partial charge in [-0.05, 0) is 28.7 Å². The minimum absolute atomic E-state index is 0.0777. The fraction of sp³-hybridized carbons (Fsp3) is 0.111. The van der Waals surface area contributed by atoms with Crippen LogP contribution in [-0.4, -0.2) is 9.97 Å². The minimum Gasteiger partial charge on any atom is -0.228 e. The lowest BCUT2D eigenvalue weighted by molar-refractivity contribution is 0.628. The number of fused-ring (bicyclic) bond motifs is 1. The molecule has 1 aromatic carbocycles. The van der Waals surface area contributed by atoms with Gasteiger partial charge in [0.05, 0.1) is 14.5 Å². The van der Waals surface area contributed by atoms with Gasteiger partial charge >= 0.3 is 0 Å². The lowest BCUT2D eigenvalue weighted by Gasteiger charge is -2.06. The van der Waals surface area contributed by atoms with E-state index in [-0.39, 0.29) is 27.4 Å². The SMILES string of the molecule is Fc1c(I)c(Cl)cc2c(Cl)nc(CCl)nc12. The first-order valence-corrected chi connectivity index (χ1v) is 6.47. The lowest BCUT2D eigenvalue weighted by Crippen LogP contribution is -1.97. The van der Waals surface area contributed by atoms with E-state index in [0.717, 1.165) is 0 Å². The van der Waals surface area contributed by atoms with E-state index in [1.165, 1.54) is 0 Å². The third kappa shape index (κ3) is 2.08. The third-order valence-corrected chi connectivity index (χ3v) is 4.15. The van der Waals surface area contributed by atoms with Gasteiger partial charge in [0.1, 0.15) is 16.5 Å². The van der Waals surface area contributed by atoms with Crippen molar-refractivity contribution in [2.75, 3.05) is 0 Å². The Balaban J connectivity index is 2.90. The quantitative estimate of drug-likeness (QED) is 0.311. The molecular formula is C9H3Cl3FIN2. The largest absolute Gasteiger partial charge is 0.228 e. The molecule has 1 aromatic heterocycles. The molecule has 0 bridgehead atoms. The summed E-state index contributed by atoms with van der Waals surface area (Å²) in [7, 11) is 0. The molecule has 0 unspecified atom stereocenters. The van der Waals surface area contributed by atoms with Crippen molar-refractivity contribution in [3.05, 3.63) is 31.5 Å². The van der Waals surface area contributed by atoms with Gasteiger partial charge in [-0.15, -0.1) is 11.6 Å². The number of hydrogen-bond acceptors (Lipinski definition) is 2. The highest BCUT2D eigenvalue weighted by molar-refractivity contribution is 14.1. The van der Waals surface area contributed by atoms with E-state index in [1.807, 2.05) is 22.6 Å². The monoisotopic (exact) mass is 390 g/mol. The Hall–Kier alpha value is 0.0900. The zero-order chi connectivity index (χ0) is 11.9. The maximum absolute atomic E-state index is 13.9. The van der Waals surface area contributed by atoms with Crippen LogP contribution in [0.3, 0.4) is 0 Å². The maximum Gasteiger partial charge on any atom is 0.164 e. The van der Waals surface area contributed by atoms with Crippen LogP contribution in [0.5, 0.6) is 0 Å². The smallest absolute Gasteiger partial charge is 0.164 e. The zero-order valence-corrected chi connectivity index (χ0v) is 12.0. The first-order chi connectivity index (χ1) is 7.54. The zero-order valence-electron chi connectivity index (χ0n) is 7.57. The van der Waals surface area contributed by atoms with Crippen molar-refractivity contribution in [2.45, 2.75) is 5.88 Å². The molecule has 0 atom stereocenters. The van der Waals surface area contributed by atoms with Crippen molar-refractivity contribution in [1.29, 1.82) is 0 Å². The number of hydrogen-bond donors (Lipinski definition) is 0. The predicted octanol–water partition coefficient (Wildman–Crippen LogP) is 4.42. The molecule has 2 rings (SSSR count). The van der Waals surface area contributed by atoms with E-state index in [9.17, 15) is 4.39 Å². The van der Waals surface area contributed by atoms with E-state index in [4.69, 9.17) is 34.8 Å². The van der Waals surface area contributed by atoms with Gasteiger partial charge in [-0.2, -0.15) is 0 Å². The van der Waals surface area contributed by atoms with Crippen LogP contribution >= 0.6 is 57.4 Å². The Bertz CT molecular complexity index is 576. The van der Waals surface area contributed by atoms with Crippen LogP contribution in [-0.2, 0) is 5.88 Å². The molecule has 2 aromatic rings. The maximum atomic E-state index is 13.9. The van der Waals surface area contributed by atoms with Gasteiger partial charge in [-0.1, -0.05) is 23.2 Å². The summed E-state index contributed by atoms with van der Waals surface area (Å²) in [4.78, 5) is 7.92. The molecule has 7 heteroatoms. The van der Waals surface area contributed by atoms with Crippen molar-refractivity contribution in [3.8, 4) is 0 Å². The van der Waals surface area contributed by atoms with Gasteiger partial charge in [0.15, 0.2) is 5.82 Å². The van der Waals surface area contributed by atoms with Gasteiger partial charge in [-0.25, -0.2) is 14.4 Å². The summed E-state index contributed by atoms with van der Waals surface area (Å²) in [5.41, 5.74) is 0.143. The second kappa shape index (κ2) is 4.76. The van der Waals surface area contributed by atoms with Gasteiger partial charge in [0, 0.05) is 5.39 Å². The fourth-order valence-corrected chi connectivity index (χ4v) is 2.20. The highest BCUT2D eigenvalue weighted by atomic mass is 127. The molecule has 0 aliphatic carbocycles. The first-order valence-electron chi connectivity index (χ1n) is 4.10. The van der Waals surface area contributed by atoms with Gasteiger partial charge < -0.3 is 0 Å². The van der Waals surface area contributed by atoms with Crippen molar-refractivity contribution in [2.24, 2.45) is 0 Å². The summed E-state index contributed by atoms with van der Waals surface area (Å²) in [5.74, 6) is -0.135. The summed E-state index contributed by atoms with van der Waals surface area (Å²) in [6, 6.07) is 1.54. The molecule has 0 aliphatic rings. The second-order valence-corrected chi connectivity index (χ2v) is 5.06. The summed E-state index contributed by atoms with van der Waals surface area (Å²) >= 11 is 19.1. The van der Waals surface area contributed by atoms with Crippen molar-refractivity contribution < 1.29 is 4.39 Å². The van der Waals surface area contributed by atoms with Crippen molar-refractivity contribution in [1.82, 2.24) is 9.97 Å². The van der Waals surface area contributed by atoms with E-state index in [1.54, 1.807) is 6.07 Å². The van der Waals surface area contributed by atoms with E-state index in [2.05, 4.69) is 9.97 Å². The Kier molecular flexibility index (Phi) is 3.73. The first kappa shape index (κ1) is 12.5. The summed E-state index contributed by atoms with van der Waals surface area (Å²) in [6.07, 6.45) is 0. The summed E-state index contributed by atoms with van der Waals surface area (Å²) in [5, 5.41) is 0.825. The van der Waals surface area contributed by atoms with E-state index in [0.29, 0.717) is 8.96 Å². The average molecular weight is 391 g/mol.